The Labute approximate surface area is 378 Å². The average Bonchev–Trinajstić information content (AvgIpc) is 3.81. The molecular formula is C49H57NO15. The van der Waals surface area contributed by atoms with Gasteiger partial charge < -0.3 is 56.8 Å². The average molecular weight is 900 g/mol. The summed E-state index contributed by atoms with van der Waals surface area (Å²) in [4.78, 5) is 24.6. The molecule has 4 heterocycles. The van der Waals surface area contributed by atoms with Gasteiger partial charge in [-0.2, -0.15) is 0 Å². The number of carbonyl (C=O) groups is 1. The maximum atomic E-state index is 13.3. The fraction of sp³-hybridized carbons (Fsp3) is 0.490. The third kappa shape index (κ3) is 11.8. The van der Waals surface area contributed by atoms with Gasteiger partial charge in [-0.15, -0.1) is 0 Å². The second kappa shape index (κ2) is 20.8. The SMILES string of the molecule is CC(COC(=O)OC[C@H]1O[C@@H](OC[C@H]2O[C@@H]3OC(C)(C)O[C@@H]3[C@H]3OC(C)(C)O[C@H]32)[C@H](OCc2ccccc2)[C@@H](OCc2ccccc2)[C@H]1OCc1ccccc1)c1ccccc1[N+](=O)[O-]. The second-order valence-corrected chi connectivity index (χ2v) is 17.5. The van der Waals surface area contributed by atoms with Crippen molar-refractivity contribution in [2.24, 2.45) is 0 Å². The van der Waals surface area contributed by atoms with E-state index < -0.39 is 90.0 Å². The lowest BCUT2D eigenvalue weighted by Crippen LogP contribution is -2.62. The lowest BCUT2D eigenvalue weighted by molar-refractivity contribution is -0.385. The Kier molecular flexibility index (Phi) is 14.9. The molecule has 0 bridgehead atoms. The summed E-state index contributed by atoms with van der Waals surface area (Å²) in [7, 11) is 0. The standard InChI is InChI=1S/C49H57NO15/c1-31(35-23-15-16-24-36(35)50(52)53)25-58-47(51)59-30-37-39(54-26-32-17-9-6-10-18-32)41(55-27-33-19-11-7-12-20-33)43(56-28-34-21-13-8-14-22-34)45(60-37)57-29-38-40-42(63-48(2,3)62-40)44-46(61-38)65-49(4,5)64-44/h6-24,31,37-46H,25-30H2,1-5H3/t31?,37-,38-,39+,40+,41+,42+,43-,44-,45-,46-/m1/s1. The monoisotopic (exact) mass is 899 g/mol. The van der Waals surface area contributed by atoms with Gasteiger partial charge in [0.25, 0.3) is 5.69 Å². The molecule has 4 aliphatic heterocycles. The summed E-state index contributed by atoms with van der Waals surface area (Å²) >= 11 is 0. The summed E-state index contributed by atoms with van der Waals surface area (Å²) < 4.78 is 76.7. The smallest absolute Gasteiger partial charge is 0.434 e. The van der Waals surface area contributed by atoms with Gasteiger partial charge in [-0.3, -0.25) is 10.1 Å². The van der Waals surface area contributed by atoms with Crippen molar-refractivity contribution in [1.82, 2.24) is 0 Å². The Morgan fingerprint density at radius 1 is 0.600 bits per heavy atom. The first-order valence-corrected chi connectivity index (χ1v) is 22.0. The highest BCUT2D eigenvalue weighted by Crippen LogP contribution is 2.44. The number of nitro groups is 1. The predicted octanol–water partition coefficient (Wildman–Crippen LogP) is 7.75. The third-order valence-electron chi connectivity index (χ3n) is 11.6. The van der Waals surface area contributed by atoms with Crippen LogP contribution in [-0.4, -0.2) is 104 Å². The van der Waals surface area contributed by atoms with E-state index in [0.29, 0.717) is 5.56 Å². The fourth-order valence-corrected chi connectivity index (χ4v) is 8.58. The zero-order chi connectivity index (χ0) is 45.6. The molecule has 65 heavy (non-hydrogen) atoms. The molecule has 0 spiro atoms. The molecule has 16 heteroatoms. The molecule has 16 nitrogen and oxygen atoms in total. The van der Waals surface area contributed by atoms with Crippen LogP contribution in [0, 0.1) is 10.1 Å². The van der Waals surface area contributed by atoms with Crippen LogP contribution in [0.4, 0.5) is 10.5 Å². The van der Waals surface area contributed by atoms with E-state index in [1.54, 1.807) is 25.1 Å². The van der Waals surface area contributed by atoms with Crippen LogP contribution in [0.1, 0.15) is 62.8 Å². The molecular weight excluding hydrogens is 843 g/mol. The van der Waals surface area contributed by atoms with E-state index in [2.05, 4.69) is 0 Å². The quantitative estimate of drug-likeness (QED) is 0.0539. The predicted molar refractivity (Wildman–Crippen MR) is 231 cm³/mol. The number of fused-ring (bicyclic) bond motifs is 3. The number of para-hydroxylation sites is 1. The molecule has 0 N–H and O–H groups in total. The second-order valence-electron chi connectivity index (χ2n) is 17.5. The Balaban J connectivity index is 1.07. The Bertz CT molecular complexity index is 2160. The third-order valence-corrected chi connectivity index (χ3v) is 11.6. The van der Waals surface area contributed by atoms with E-state index in [-0.39, 0.29) is 45.3 Å². The number of ether oxygens (including phenoxy) is 12. The van der Waals surface area contributed by atoms with Gasteiger partial charge in [-0.25, -0.2) is 4.79 Å². The number of carbonyl (C=O) groups excluding carboxylic acids is 1. The van der Waals surface area contributed by atoms with Crippen molar-refractivity contribution in [2.45, 2.75) is 133 Å². The fourth-order valence-electron chi connectivity index (χ4n) is 8.58. The minimum Gasteiger partial charge on any atom is -0.434 e. The molecule has 0 saturated carbocycles. The molecule has 4 saturated heterocycles. The van der Waals surface area contributed by atoms with Crippen molar-refractivity contribution in [3.8, 4) is 0 Å². The van der Waals surface area contributed by atoms with Crippen molar-refractivity contribution < 1.29 is 66.6 Å². The summed E-state index contributed by atoms with van der Waals surface area (Å²) in [6, 6.07) is 35.4. The van der Waals surface area contributed by atoms with Crippen molar-refractivity contribution in [1.29, 1.82) is 0 Å². The van der Waals surface area contributed by atoms with Crippen molar-refractivity contribution in [3.63, 3.8) is 0 Å². The van der Waals surface area contributed by atoms with Crippen LogP contribution in [0.2, 0.25) is 0 Å². The number of nitro benzene ring substituents is 1. The summed E-state index contributed by atoms with van der Waals surface area (Å²) in [6.07, 6.45) is -8.84. The summed E-state index contributed by atoms with van der Waals surface area (Å²) in [6.45, 7) is 9.00. The van der Waals surface area contributed by atoms with Crippen LogP contribution in [-0.2, 0) is 76.7 Å². The van der Waals surface area contributed by atoms with Gasteiger partial charge in [0.1, 0.15) is 62.0 Å². The highest BCUT2D eigenvalue weighted by molar-refractivity contribution is 5.60. The topological polar surface area (TPSA) is 171 Å². The number of hydrogen-bond acceptors (Lipinski definition) is 15. The van der Waals surface area contributed by atoms with E-state index in [1.807, 2.05) is 119 Å². The maximum Gasteiger partial charge on any atom is 0.508 e. The molecule has 4 aromatic carbocycles. The largest absolute Gasteiger partial charge is 0.508 e. The van der Waals surface area contributed by atoms with E-state index in [1.165, 1.54) is 6.07 Å². The number of benzene rings is 4. The molecule has 0 aliphatic carbocycles. The van der Waals surface area contributed by atoms with E-state index in [4.69, 9.17) is 56.8 Å². The molecule has 0 amide bonds. The van der Waals surface area contributed by atoms with Gasteiger partial charge in [0.15, 0.2) is 24.2 Å². The number of nitrogens with zero attached hydrogens (tertiary/aromatic N) is 1. The van der Waals surface area contributed by atoms with Gasteiger partial charge in [0, 0.05) is 17.5 Å². The Morgan fingerprint density at radius 3 is 1.74 bits per heavy atom. The zero-order valence-electron chi connectivity index (χ0n) is 37.1. The van der Waals surface area contributed by atoms with Gasteiger partial charge in [-0.05, 0) is 44.4 Å². The molecule has 0 radical (unpaired) electrons. The Morgan fingerprint density at radius 2 is 1.12 bits per heavy atom. The molecule has 1 unspecified atom stereocenters. The van der Waals surface area contributed by atoms with Gasteiger partial charge in [0.05, 0.1) is 31.4 Å². The lowest BCUT2D eigenvalue weighted by atomic mass is 9.97. The first kappa shape index (κ1) is 46.7. The number of rotatable bonds is 18. The number of hydrogen-bond donors (Lipinski definition) is 0. The zero-order valence-corrected chi connectivity index (χ0v) is 37.1. The van der Waals surface area contributed by atoms with Crippen LogP contribution in [0.25, 0.3) is 0 Å². The van der Waals surface area contributed by atoms with Crippen molar-refractivity contribution >= 4 is 11.8 Å². The molecule has 4 aliphatic rings. The summed E-state index contributed by atoms with van der Waals surface area (Å²) in [5, 5.41) is 11.7. The van der Waals surface area contributed by atoms with Crippen LogP contribution in [0.5, 0.6) is 0 Å². The van der Waals surface area contributed by atoms with Gasteiger partial charge in [0.2, 0.25) is 0 Å². The maximum absolute atomic E-state index is 13.3. The van der Waals surface area contributed by atoms with E-state index in [9.17, 15) is 14.9 Å². The molecule has 0 aromatic heterocycles. The molecule has 11 atom stereocenters. The van der Waals surface area contributed by atoms with Crippen LogP contribution >= 0.6 is 0 Å². The highest BCUT2D eigenvalue weighted by atomic mass is 16.9. The Hall–Kier alpha value is -4.85. The van der Waals surface area contributed by atoms with Crippen molar-refractivity contribution in [3.05, 3.63) is 148 Å². The van der Waals surface area contributed by atoms with E-state index >= 15 is 0 Å². The van der Waals surface area contributed by atoms with Crippen LogP contribution in [0.3, 0.4) is 0 Å². The molecule has 8 rings (SSSR count). The molecule has 348 valence electrons. The minimum atomic E-state index is -1.13. The summed E-state index contributed by atoms with van der Waals surface area (Å²) in [5.41, 5.74) is 3.06. The minimum absolute atomic E-state index is 0.0520. The lowest BCUT2D eigenvalue weighted by Gasteiger charge is -2.46. The van der Waals surface area contributed by atoms with Crippen LogP contribution in [0.15, 0.2) is 115 Å². The normalized spacial score (nSPS) is 29.3. The molecule has 4 aromatic rings. The highest BCUT2D eigenvalue weighted by Gasteiger charge is 2.61. The van der Waals surface area contributed by atoms with Gasteiger partial charge in [-0.1, -0.05) is 116 Å². The summed E-state index contributed by atoms with van der Waals surface area (Å²) in [5.74, 6) is -2.36. The van der Waals surface area contributed by atoms with E-state index in [0.717, 1.165) is 16.7 Å². The molecule has 4 fully saturated rings. The van der Waals surface area contributed by atoms with Crippen molar-refractivity contribution in [2.75, 3.05) is 19.8 Å². The first-order valence-electron chi connectivity index (χ1n) is 22.0. The van der Waals surface area contributed by atoms with Gasteiger partial charge >= 0.3 is 6.16 Å². The van der Waals surface area contributed by atoms with Crippen LogP contribution < -0.4 is 0 Å². The first-order chi connectivity index (χ1) is 31.3.